The van der Waals surface area contributed by atoms with E-state index in [0.717, 1.165) is 0 Å². The van der Waals surface area contributed by atoms with E-state index in [4.69, 9.17) is 0 Å². The van der Waals surface area contributed by atoms with Gasteiger partial charge in [-0.3, -0.25) is 4.79 Å². The van der Waals surface area contributed by atoms with Crippen LogP contribution in [-0.2, 0) is 0 Å². The highest BCUT2D eigenvalue weighted by atomic mass is 32.1. The Hall–Kier alpha value is -0.970. The molecule has 0 radical (unpaired) electrons. The molecule has 0 saturated heterocycles. The summed E-state index contributed by atoms with van der Waals surface area (Å²) in [4.78, 5) is 15.2. The Morgan fingerprint density at radius 2 is 2.46 bits per heavy atom. The summed E-state index contributed by atoms with van der Waals surface area (Å²) in [6.45, 7) is 2.65. The number of nitrogens with zero attached hydrogens (tertiary/aromatic N) is 1. The first-order valence-corrected chi connectivity index (χ1v) is 4.76. The highest BCUT2D eigenvalue weighted by molar-refractivity contribution is 7.07. The van der Waals surface area contributed by atoms with Crippen molar-refractivity contribution in [3.05, 3.63) is 16.6 Å². The van der Waals surface area contributed by atoms with E-state index in [1.165, 1.54) is 11.3 Å². The highest BCUT2D eigenvalue weighted by Crippen LogP contribution is 2.06. The molecule has 1 rings (SSSR count). The van der Waals surface area contributed by atoms with Crippen molar-refractivity contribution in [1.29, 1.82) is 0 Å². The fourth-order valence-electron chi connectivity index (χ4n) is 0.729. The maximum atomic E-state index is 12.3. The van der Waals surface area contributed by atoms with Crippen LogP contribution in [0.15, 0.2) is 10.9 Å². The van der Waals surface area contributed by atoms with Crippen molar-refractivity contribution >= 4 is 17.2 Å². The average Bonchev–Trinajstić information content (AvgIpc) is 2.55. The minimum Gasteiger partial charge on any atom is -0.343 e. The Labute approximate surface area is 80.0 Å². The highest BCUT2D eigenvalue weighted by Gasteiger charge is 2.21. The van der Waals surface area contributed by atoms with Gasteiger partial charge >= 0.3 is 0 Å². The van der Waals surface area contributed by atoms with Crippen molar-refractivity contribution in [1.82, 2.24) is 10.3 Å². The van der Waals surface area contributed by atoms with Crippen LogP contribution in [0.4, 0.5) is 4.39 Å². The minimum absolute atomic E-state index is 0.330. The van der Waals surface area contributed by atoms with Gasteiger partial charge in [0.25, 0.3) is 5.91 Å². The Balaban J connectivity index is 2.61. The summed E-state index contributed by atoms with van der Waals surface area (Å²) in [5.41, 5.74) is 1.09. The number of thiazole rings is 1. The summed E-state index contributed by atoms with van der Waals surface area (Å²) in [5.74, 6) is -0.330. The second-order valence-corrected chi connectivity index (χ2v) is 4.06. The van der Waals surface area contributed by atoms with E-state index in [9.17, 15) is 9.18 Å². The first-order valence-electron chi connectivity index (χ1n) is 3.82. The Bertz CT molecular complexity index is 284. The molecule has 1 aromatic heterocycles. The van der Waals surface area contributed by atoms with Gasteiger partial charge in [0.15, 0.2) is 0 Å². The number of aromatic nitrogens is 1. The molecule has 0 aliphatic carbocycles. The van der Waals surface area contributed by atoms with Crippen LogP contribution in [0.2, 0.25) is 0 Å². The zero-order valence-corrected chi connectivity index (χ0v) is 8.32. The molecule has 72 valence electrons. The van der Waals surface area contributed by atoms with Gasteiger partial charge < -0.3 is 5.32 Å². The quantitative estimate of drug-likeness (QED) is 0.809. The molecule has 1 aromatic rings. The van der Waals surface area contributed by atoms with Crippen LogP contribution < -0.4 is 5.32 Å². The Morgan fingerprint density at radius 3 is 2.92 bits per heavy atom. The van der Waals surface area contributed by atoms with E-state index in [2.05, 4.69) is 10.3 Å². The smallest absolute Gasteiger partial charge is 0.271 e. The number of carbonyl (C=O) groups is 1. The molecule has 1 heterocycles. The van der Waals surface area contributed by atoms with Crippen LogP contribution in [0.3, 0.4) is 0 Å². The first-order chi connectivity index (χ1) is 6.05. The van der Waals surface area contributed by atoms with E-state index >= 15 is 0 Å². The second-order valence-electron chi connectivity index (χ2n) is 3.35. The third-order valence-electron chi connectivity index (χ3n) is 1.45. The van der Waals surface area contributed by atoms with Gasteiger partial charge in [0.05, 0.1) is 11.0 Å². The van der Waals surface area contributed by atoms with Gasteiger partial charge in [-0.25, -0.2) is 9.37 Å². The summed E-state index contributed by atoms with van der Waals surface area (Å²) in [6.07, 6.45) is 0. The molecule has 0 spiro atoms. The number of hydrogen-bond donors (Lipinski definition) is 1. The SMILES string of the molecule is CC(C)(CF)NC(=O)c1cscn1. The van der Waals surface area contributed by atoms with Gasteiger partial charge in [-0.2, -0.15) is 0 Å². The molecule has 0 aromatic carbocycles. The van der Waals surface area contributed by atoms with Gasteiger partial charge in [0.1, 0.15) is 12.4 Å². The molecule has 0 fully saturated rings. The number of halogens is 1. The Morgan fingerprint density at radius 1 is 1.77 bits per heavy atom. The van der Waals surface area contributed by atoms with Gasteiger partial charge in [0.2, 0.25) is 0 Å². The normalized spacial score (nSPS) is 11.3. The van der Waals surface area contributed by atoms with Gasteiger partial charge in [-0.1, -0.05) is 0 Å². The molecule has 3 nitrogen and oxygen atoms in total. The predicted molar refractivity (Wildman–Crippen MR) is 49.6 cm³/mol. The minimum atomic E-state index is -0.819. The van der Waals surface area contributed by atoms with Crippen molar-refractivity contribution in [2.75, 3.05) is 6.67 Å². The molecular weight excluding hydrogens is 191 g/mol. The van der Waals surface area contributed by atoms with Crippen molar-refractivity contribution in [2.45, 2.75) is 19.4 Å². The van der Waals surface area contributed by atoms with Crippen molar-refractivity contribution < 1.29 is 9.18 Å². The standard InChI is InChI=1S/C8H11FN2OS/c1-8(2,4-9)11-7(12)6-3-13-5-10-6/h3,5H,4H2,1-2H3,(H,11,12). The maximum Gasteiger partial charge on any atom is 0.271 e. The number of alkyl halides is 1. The number of amides is 1. The van der Waals surface area contributed by atoms with E-state index < -0.39 is 12.2 Å². The van der Waals surface area contributed by atoms with Crippen LogP contribution >= 0.6 is 11.3 Å². The molecular formula is C8H11FN2OS. The molecule has 0 aliphatic rings. The fraction of sp³-hybridized carbons (Fsp3) is 0.500. The largest absolute Gasteiger partial charge is 0.343 e. The number of nitrogens with one attached hydrogen (secondary N) is 1. The van der Waals surface area contributed by atoms with Gasteiger partial charge in [-0.05, 0) is 13.8 Å². The van der Waals surface area contributed by atoms with E-state index in [0.29, 0.717) is 5.69 Å². The molecule has 0 aliphatic heterocycles. The summed E-state index contributed by atoms with van der Waals surface area (Å²) in [5, 5.41) is 4.17. The monoisotopic (exact) mass is 202 g/mol. The van der Waals surface area contributed by atoms with Crippen molar-refractivity contribution in [3.8, 4) is 0 Å². The molecule has 1 amide bonds. The molecule has 0 saturated carbocycles. The van der Waals surface area contributed by atoms with Crippen molar-refractivity contribution in [2.24, 2.45) is 0 Å². The lowest BCUT2D eigenvalue weighted by Crippen LogP contribution is -2.45. The lowest BCUT2D eigenvalue weighted by Gasteiger charge is -2.21. The van der Waals surface area contributed by atoms with Crippen LogP contribution in [0.5, 0.6) is 0 Å². The number of rotatable bonds is 3. The maximum absolute atomic E-state index is 12.3. The predicted octanol–water partition coefficient (Wildman–Crippen LogP) is 1.62. The Kier molecular flexibility index (Phi) is 2.98. The van der Waals surface area contributed by atoms with Crippen LogP contribution in [0.1, 0.15) is 24.3 Å². The van der Waals surface area contributed by atoms with E-state index in [1.54, 1.807) is 24.7 Å². The zero-order valence-electron chi connectivity index (χ0n) is 7.50. The molecule has 1 N–H and O–H groups in total. The topological polar surface area (TPSA) is 42.0 Å². The second kappa shape index (κ2) is 3.83. The van der Waals surface area contributed by atoms with Crippen LogP contribution in [0, 0.1) is 0 Å². The molecule has 5 heteroatoms. The van der Waals surface area contributed by atoms with E-state index in [-0.39, 0.29) is 5.91 Å². The van der Waals surface area contributed by atoms with E-state index in [1.807, 2.05) is 0 Å². The van der Waals surface area contributed by atoms with Crippen LogP contribution in [-0.4, -0.2) is 23.1 Å². The number of carbonyl (C=O) groups excluding carboxylic acids is 1. The van der Waals surface area contributed by atoms with Crippen molar-refractivity contribution in [3.63, 3.8) is 0 Å². The lowest BCUT2D eigenvalue weighted by atomic mass is 10.1. The average molecular weight is 202 g/mol. The summed E-state index contributed by atoms with van der Waals surface area (Å²) >= 11 is 1.34. The fourth-order valence-corrected chi connectivity index (χ4v) is 1.26. The third kappa shape index (κ3) is 2.77. The summed E-state index contributed by atoms with van der Waals surface area (Å²) < 4.78 is 12.3. The molecule has 13 heavy (non-hydrogen) atoms. The van der Waals surface area contributed by atoms with Gasteiger partial charge in [-0.15, -0.1) is 11.3 Å². The third-order valence-corrected chi connectivity index (χ3v) is 2.04. The molecule has 0 unspecified atom stereocenters. The molecule has 0 atom stereocenters. The molecule has 0 bridgehead atoms. The van der Waals surface area contributed by atoms with Crippen LogP contribution in [0.25, 0.3) is 0 Å². The van der Waals surface area contributed by atoms with Gasteiger partial charge in [0, 0.05) is 5.38 Å². The summed E-state index contributed by atoms with van der Waals surface area (Å²) in [7, 11) is 0. The lowest BCUT2D eigenvalue weighted by molar-refractivity contribution is 0.0895. The summed E-state index contributed by atoms with van der Waals surface area (Å²) in [6, 6.07) is 0. The first kappa shape index (κ1) is 10.1. The zero-order chi connectivity index (χ0) is 9.90. The number of hydrogen-bond acceptors (Lipinski definition) is 3.